The first-order valence-corrected chi connectivity index (χ1v) is 7.75. The summed E-state index contributed by atoms with van der Waals surface area (Å²) < 4.78 is 0. The van der Waals surface area contributed by atoms with Gasteiger partial charge in [0, 0.05) is 6.04 Å². The Bertz CT molecular complexity index is 172. The van der Waals surface area contributed by atoms with Gasteiger partial charge in [0.25, 0.3) is 0 Å². The zero-order valence-electron chi connectivity index (χ0n) is 10.8. The Morgan fingerprint density at radius 2 is 2.00 bits per heavy atom. The van der Waals surface area contributed by atoms with Gasteiger partial charge in [0.05, 0.1) is 0 Å². The van der Waals surface area contributed by atoms with E-state index in [1.807, 2.05) is 11.8 Å². The Kier molecular flexibility index (Phi) is 6.06. The lowest BCUT2D eigenvalue weighted by Crippen LogP contribution is -2.38. The average Bonchev–Trinajstić information content (AvgIpc) is 2.20. The fourth-order valence-electron chi connectivity index (χ4n) is 2.44. The van der Waals surface area contributed by atoms with Crippen LogP contribution in [-0.2, 0) is 0 Å². The number of hydrogen-bond acceptors (Lipinski definition) is 2. The van der Waals surface area contributed by atoms with Crippen molar-refractivity contribution in [3.8, 4) is 0 Å². The summed E-state index contributed by atoms with van der Waals surface area (Å²) in [5, 5.41) is 3.74. The zero-order chi connectivity index (χ0) is 11.3. The second-order valence-corrected chi connectivity index (χ2v) is 6.34. The third-order valence-electron chi connectivity index (χ3n) is 3.80. The van der Waals surface area contributed by atoms with Crippen LogP contribution in [0.3, 0.4) is 0 Å². The maximum atomic E-state index is 3.74. The van der Waals surface area contributed by atoms with E-state index in [0.717, 1.165) is 23.8 Å². The molecular formula is C13H27NS. The summed E-state index contributed by atoms with van der Waals surface area (Å²) in [6, 6.07) is 0.792. The average molecular weight is 229 g/mol. The highest BCUT2D eigenvalue weighted by Gasteiger charge is 2.24. The van der Waals surface area contributed by atoms with Crippen LogP contribution in [-0.4, -0.2) is 24.6 Å². The SMILES string of the molecule is CSCC(C)CNC1CCC(C)C(C)C1. The maximum Gasteiger partial charge on any atom is 0.00699 e. The lowest BCUT2D eigenvalue weighted by atomic mass is 9.79. The first-order chi connectivity index (χ1) is 7.13. The largest absolute Gasteiger partial charge is 0.314 e. The molecule has 4 atom stereocenters. The molecule has 1 aliphatic carbocycles. The first kappa shape index (κ1) is 13.4. The molecule has 1 aliphatic rings. The van der Waals surface area contributed by atoms with E-state index in [0.29, 0.717) is 0 Å². The van der Waals surface area contributed by atoms with Crippen molar-refractivity contribution in [3.05, 3.63) is 0 Å². The molecule has 1 N–H and O–H groups in total. The second kappa shape index (κ2) is 6.80. The predicted molar refractivity (Wildman–Crippen MR) is 71.5 cm³/mol. The molecule has 0 radical (unpaired) electrons. The monoisotopic (exact) mass is 229 g/mol. The van der Waals surface area contributed by atoms with Crippen molar-refractivity contribution in [2.45, 2.75) is 46.1 Å². The van der Waals surface area contributed by atoms with Crippen LogP contribution in [0.25, 0.3) is 0 Å². The van der Waals surface area contributed by atoms with Crippen LogP contribution in [0.5, 0.6) is 0 Å². The fraction of sp³-hybridized carbons (Fsp3) is 1.00. The Morgan fingerprint density at radius 3 is 2.60 bits per heavy atom. The van der Waals surface area contributed by atoms with Gasteiger partial charge in [-0.05, 0) is 55.6 Å². The molecule has 0 amide bonds. The van der Waals surface area contributed by atoms with Gasteiger partial charge in [0.1, 0.15) is 0 Å². The van der Waals surface area contributed by atoms with Gasteiger partial charge in [0.2, 0.25) is 0 Å². The molecule has 0 saturated heterocycles. The number of thioether (sulfide) groups is 1. The molecule has 1 nitrogen and oxygen atoms in total. The summed E-state index contributed by atoms with van der Waals surface area (Å²) in [6.45, 7) is 8.35. The lowest BCUT2D eigenvalue weighted by Gasteiger charge is -2.33. The van der Waals surface area contributed by atoms with Crippen LogP contribution < -0.4 is 5.32 Å². The maximum absolute atomic E-state index is 3.74. The van der Waals surface area contributed by atoms with Crippen molar-refractivity contribution in [2.75, 3.05) is 18.6 Å². The smallest absolute Gasteiger partial charge is 0.00699 e. The van der Waals surface area contributed by atoms with Gasteiger partial charge in [-0.25, -0.2) is 0 Å². The van der Waals surface area contributed by atoms with E-state index in [1.165, 1.54) is 31.6 Å². The Labute approximate surface area is 99.8 Å². The van der Waals surface area contributed by atoms with Crippen molar-refractivity contribution < 1.29 is 0 Å². The van der Waals surface area contributed by atoms with Gasteiger partial charge in [-0.1, -0.05) is 20.8 Å². The van der Waals surface area contributed by atoms with Crippen molar-refractivity contribution in [1.82, 2.24) is 5.32 Å². The van der Waals surface area contributed by atoms with Gasteiger partial charge >= 0.3 is 0 Å². The van der Waals surface area contributed by atoms with Gasteiger partial charge in [-0.15, -0.1) is 0 Å². The predicted octanol–water partition coefficient (Wildman–Crippen LogP) is 3.40. The molecule has 0 heterocycles. The van der Waals surface area contributed by atoms with E-state index in [1.54, 1.807) is 0 Å². The van der Waals surface area contributed by atoms with Gasteiger partial charge in [-0.2, -0.15) is 11.8 Å². The normalized spacial score (nSPS) is 34.0. The number of nitrogens with one attached hydrogen (secondary N) is 1. The summed E-state index contributed by atoms with van der Waals surface area (Å²) in [4.78, 5) is 0. The van der Waals surface area contributed by atoms with Gasteiger partial charge in [-0.3, -0.25) is 0 Å². The summed E-state index contributed by atoms with van der Waals surface area (Å²) >= 11 is 1.96. The standard InChI is InChI=1S/C13H27NS/c1-10(9-15-4)8-14-13-6-5-11(2)12(3)7-13/h10-14H,5-9H2,1-4H3. The highest BCUT2D eigenvalue weighted by atomic mass is 32.2. The molecule has 1 fully saturated rings. The molecule has 0 aromatic rings. The van der Waals surface area contributed by atoms with Crippen molar-refractivity contribution in [2.24, 2.45) is 17.8 Å². The molecule has 1 saturated carbocycles. The highest BCUT2D eigenvalue weighted by molar-refractivity contribution is 7.98. The quantitative estimate of drug-likeness (QED) is 0.775. The first-order valence-electron chi connectivity index (χ1n) is 6.35. The molecule has 0 aliphatic heterocycles. The highest BCUT2D eigenvalue weighted by Crippen LogP contribution is 2.29. The van der Waals surface area contributed by atoms with Crippen molar-refractivity contribution in [1.29, 1.82) is 0 Å². The van der Waals surface area contributed by atoms with Crippen LogP contribution in [0.1, 0.15) is 40.0 Å². The van der Waals surface area contributed by atoms with Crippen molar-refractivity contribution in [3.63, 3.8) is 0 Å². The van der Waals surface area contributed by atoms with E-state index in [-0.39, 0.29) is 0 Å². The minimum absolute atomic E-state index is 0.792. The third-order valence-corrected chi connectivity index (χ3v) is 4.71. The van der Waals surface area contributed by atoms with E-state index in [2.05, 4.69) is 32.3 Å². The van der Waals surface area contributed by atoms with E-state index >= 15 is 0 Å². The van der Waals surface area contributed by atoms with E-state index in [4.69, 9.17) is 0 Å². The minimum Gasteiger partial charge on any atom is -0.314 e. The summed E-state index contributed by atoms with van der Waals surface area (Å²) in [6.07, 6.45) is 6.38. The molecule has 1 rings (SSSR count). The van der Waals surface area contributed by atoms with Crippen LogP contribution in [0, 0.1) is 17.8 Å². The zero-order valence-corrected chi connectivity index (χ0v) is 11.6. The molecular weight excluding hydrogens is 202 g/mol. The fourth-order valence-corrected chi connectivity index (χ4v) is 3.13. The molecule has 15 heavy (non-hydrogen) atoms. The number of hydrogen-bond donors (Lipinski definition) is 1. The molecule has 0 aromatic carbocycles. The second-order valence-electron chi connectivity index (χ2n) is 5.43. The molecule has 4 unspecified atom stereocenters. The third kappa shape index (κ3) is 4.78. The molecule has 0 aromatic heterocycles. The van der Waals surface area contributed by atoms with Crippen LogP contribution in [0.4, 0.5) is 0 Å². The van der Waals surface area contributed by atoms with Crippen molar-refractivity contribution >= 4 is 11.8 Å². The summed E-state index contributed by atoms with van der Waals surface area (Å²) in [7, 11) is 0. The van der Waals surface area contributed by atoms with Crippen LogP contribution in [0.15, 0.2) is 0 Å². The molecule has 2 heteroatoms. The molecule has 0 spiro atoms. The summed E-state index contributed by atoms with van der Waals surface area (Å²) in [5.74, 6) is 3.94. The Morgan fingerprint density at radius 1 is 1.27 bits per heavy atom. The number of rotatable bonds is 5. The van der Waals surface area contributed by atoms with Crippen LogP contribution >= 0.6 is 11.8 Å². The molecule has 0 bridgehead atoms. The Balaban J connectivity index is 2.16. The molecule has 90 valence electrons. The lowest BCUT2D eigenvalue weighted by molar-refractivity contribution is 0.223. The van der Waals surface area contributed by atoms with Crippen LogP contribution in [0.2, 0.25) is 0 Å². The minimum atomic E-state index is 0.792. The topological polar surface area (TPSA) is 12.0 Å². The Hall–Kier alpha value is 0.310. The van der Waals surface area contributed by atoms with Gasteiger partial charge < -0.3 is 5.32 Å². The van der Waals surface area contributed by atoms with Gasteiger partial charge in [0.15, 0.2) is 0 Å². The van der Waals surface area contributed by atoms with E-state index in [9.17, 15) is 0 Å². The summed E-state index contributed by atoms with van der Waals surface area (Å²) in [5.41, 5.74) is 0. The van der Waals surface area contributed by atoms with E-state index < -0.39 is 0 Å².